The Hall–Kier alpha value is -6.54. The highest BCUT2D eigenvalue weighted by Gasteiger charge is 2.48. The monoisotopic (exact) mass is 1020 g/mol. The van der Waals surface area contributed by atoms with Crippen LogP contribution in [0.15, 0.2) is 72.9 Å². The fourth-order valence-electron chi connectivity index (χ4n) is 10.8. The van der Waals surface area contributed by atoms with Crippen molar-refractivity contribution in [1.82, 2.24) is 40.5 Å². The molecule has 0 saturated carbocycles. The van der Waals surface area contributed by atoms with Crippen molar-refractivity contribution in [2.75, 3.05) is 64.5 Å². The molecule has 7 heterocycles. The van der Waals surface area contributed by atoms with Crippen LogP contribution in [0, 0.1) is 11.8 Å². The molecule has 19 nitrogen and oxygen atoms in total. The summed E-state index contributed by atoms with van der Waals surface area (Å²) in [7, 11) is 5.33. The minimum atomic E-state index is -1.69. The number of fused-ring (bicyclic) bond motifs is 5. The molecule has 1 aromatic heterocycles. The number of likely N-dealkylation sites (N-methyl/N-ethyl adjacent to an activating group) is 1. The molecule has 0 spiro atoms. The second-order valence-electron chi connectivity index (χ2n) is 20.1. The van der Waals surface area contributed by atoms with Crippen LogP contribution in [0.1, 0.15) is 80.0 Å². The Bertz CT molecular complexity index is 2540. The van der Waals surface area contributed by atoms with Gasteiger partial charge in [-0.05, 0) is 93.4 Å². The van der Waals surface area contributed by atoms with Gasteiger partial charge in [0.2, 0.25) is 29.5 Å². The van der Waals surface area contributed by atoms with Gasteiger partial charge in [-0.3, -0.25) is 33.6 Å². The lowest BCUT2D eigenvalue weighted by molar-refractivity contribution is -0.157. The number of hydrogen-bond donors (Lipinski definition) is 4. The molecular formula is C53H67N9O10S. The predicted octanol–water partition coefficient (Wildman–Crippen LogP) is 2.32. The van der Waals surface area contributed by atoms with E-state index in [0.717, 1.165) is 43.7 Å². The summed E-state index contributed by atoms with van der Waals surface area (Å²) in [6.07, 6.45) is 2.40. The van der Waals surface area contributed by atoms with E-state index in [9.17, 15) is 29.1 Å². The average molecular weight is 1020 g/mol. The number of nitrogens with zero attached hydrogens (tertiary/aromatic N) is 6. The molecule has 3 aromatic rings. The zero-order valence-electron chi connectivity index (χ0n) is 42.1. The smallest absolute Gasteiger partial charge is 0.333 e. The number of amides is 6. The van der Waals surface area contributed by atoms with Crippen LogP contribution in [0.25, 0.3) is 0 Å². The number of carbonyl (C=O) groups excluding carboxylic acids is 8. The maximum atomic E-state index is 15.7. The highest BCUT2D eigenvalue weighted by atomic mass is 32.2. The van der Waals surface area contributed by atoms with Crippen LogP contribution >= 0.6 is 11.8 Å². The number of ketones is 1. The number of hydrogen-bond acceptors (Lipinski definition) is 14. The number of pyridine rings is 1. The summed E-state index contributed by atoms with van der Waals surface area (Å²) in [5.41, 5.74) is 1.49. The summed E-state index contributed by atoms with van der Waals surface area (Å²) in [6, 6.07) is 10.3. The first-order valence-electron chi connectivity index (χ1n) is 25.3. The van der Waals surface area contributed by atoms with E-state index in [1.165, 1.54) is 47.0 Å². The normalized spacial score (nSPS) is 29.5. The number of esters is 1. The van der Waals surface area contributed by atoms with E-state index < -0.39 is 101 Å². The van der Waals surface area contributed by atoms with E-state index in [4.69, 9.17) is 4.74 Å². The summed E-state index contributed by atoms with van der Waals surface area (Å²) in [6.45, 7) is 6.11. The molecule has 2 aromatic carbocycles. The number of benzene rings is 2. The minimum Gasteiger partial charge on any atom is -0.505 e. The van der Waals surface area contributed by atoms with Crippen molar-refractivity contribution in [2.45, 2.75) is 106 Å². The number of anilines is 1. The molecule has 6 aliphatic heterocycles. The van der Waals surface area contributed by atoms with Gasteiger partial charge in [0.25, 0.3) is 5.91 Å². The van der Waals surface area contributed by atoms with E-state index in [1.54, 1.807) is 49.0 Å². The van der Waals surface area contributed by atoms with E-state index in [2.05, 4.69) is 25.8 Å². The number of ether oxygens (including phenoxy) is 1. The number of nitrogens with one attached hydrogen (secondary N) is 3. The lowest BCUT2D eigenvalue weighted by Crippen LogP contribution is -2.63. The van der Waals surface area contributed by atoms with Gasteiger partial charge < -0.3 is 50.3 Å². The van der Waals surface area contributed by atoms with Crippen LogP contribution in [0.5, 0.6) is 5.75 Å². The molecule has 6 amide bonds. The van der Waals surface area contributed by atoms with Gasteiger partial charge in [-0.1, -0.05) is 49.4 Å². The molecule has 9 rings (SSSR count). The van der Waals surface area contributed by atoms with Gasteiger partial charge in [-0.25, -0.2) is 9.78 Å². The third-order valence-corrected chi connectivity index (χ3v) is 16.7. The zero-order valence-corrected chi connectivity index (χ0v) is 42.9. The van der Waals surface area contributed by atoms with Crippen LogP contribution in [0.2, 0.25) is 0 Å². The molecule has 6 saturated heterocycles. The lowest BCUT2D eigenvalue weighted by Gasteiger charge is -2.45. The molecule has 0 unspecified atom stereocenters. The molecule has 0 aliphatic carbocycles. The Morgan fingerprint density at radius 2 is 1.58 bits per heavy atom. The van der Waals surface area contributed by atoms with Gasteiger partial charge in [-0.15, -0.1) is 0 Å². The topological polar surface area (TPSA) is 231 Å². The van der Waals surface area contributed by atoms with Crippen LogP contribution in [0.4, 0.5) is 5.69 Å². The molecule has 20 heteroatoms. The zero-order chi connectivity index (χ0) is 52.1. The maximum absolute atomic E-state index is 15.7. The second kappa shape index (κ2) is 23.1. The van der Waals surface area contributed by atoms with Gasteiger partial charge in [0.1, 0.15) is 47.8 Å². The summed E-state index contributed by atoms with van der Waals surface area (Å²) in [4.78, 5) is 130. The standard InChI is InChI=1S/C53H67N9O10S/c1-6-37-50(68)61-23-11-14-38(61)51(69)59(5)40(26-32-16-18-36(19-17-32)58(3)4)52(70)62-28-35(30-73-43-29-60-24-20-33(43)21-25-60)42(64)27-39(62)47(65)57-45(34-12-8-7-9-13-34)53(71)72-31(2)44(48(66)55-37)56-49(67)46-41(63)15-10-22-54-46/h7-10,12-13,15-19,22,31,33,35,37-40,43-45,63H,6,11,14,20-21,23-30H2,1-5H3,(H,55,66)(H,56,67)(H,57,65)/t31-,35+,37+,38+,39-,40-,43+,44-,45-/m0/s1. The van der Waals surface area contributed by atoms with Crippen molar-refractivity contribution in [1.29, 1.82) is 0 Å². The lowest BCUT2D eigenvalue weighted by atomic mass is 9.88. The number of aromatic hydroxyl groups is 1. The SMILES string of the molecule is CC[C@H]1NC(=O)[C@@H](NC(=O)c2ncccc2O)[C@H](C)OC(=O)[C@H](c2ccccc2)NC(=O)[C@@H]2CC(=O)[C@@H](CS[C@@H]3CN4CCC3CC4)CN2C(=O)[C@H](Cc2ccc(N(C)C)cc2)N(C)C(=O)[C@H]2CCCN2C1=O. The third-order valence-electron chi connectivity index (χ3n) is 15.2. The van der Waals surface area contributed by atoms with Gasteiger partial charge >= 0.3 is 5.97 Å². The number of piperidine rings is 4. The third kappa shape index (κ3) is 11.8. The summed E-state index contributed by atoms with van der Waals surface area (Å²) < 4.78 is 5.97. The van der Waals surface area contributed by atoms with Gasteiger partial charge in [-0.2, -0.15) is 11.8 Å². The number of rotatable bonds is 10. The van der Waals surface area contributed by atoms with Crippen molar-refractivity contribution >= 4 is 64.6 Å². The van der Waals surface area contributed by atoms with E-state index >= 15 is 14.4 Å². The van der Waals surface area contributed by atoms with E-state index in [0.29, 0.717) is 23.3 Å². The Morgan fingerprint density at radius 1 is 0.849 bits per heavy atom. The summed E-state index contributed by atoms with van der Waals surface area (Å²) in [5, 5.41) is 18.8. The van der Waals surface area contributed by atoms with Gasteiger partial charge in [0, 0.05) is 82.4 Å². The van der Waals surface area contributed by atoms with Crippen molar-refractivity contribution in [3.05, 3.63) is 89.7 Å². The minimum absolute atomic E-state index is 0.0289. The van der Waals surface area contributed by atoms with E-state index in [-0.39, 0.29) is 50.1 Å². The second-order valence-corrected chi connectivity index (χ2v) is 21.4. The predicted molar refractivity (Wildman–Crippen MR) is 272 cm³/mol. The quantitative estimate of drug-likeness (QED) is 0.214. The van der Waals surface area contributed by atoms with Crippen LogP contribution in [-0.4, -0.2) is 178 Å². The Morgan fingerprint density at radius 3 is 2.23 bits per heavy atom. The van der Waals surface area contributed by atoms with Crippen LogP contribution in [0.3, 0.4) is 0 Å². The molecular weight excluding hydrogens is 955 g/mol. The maximum Gasteiger partial charge on any atom is 0.333 e. The Balaban J connectivity index is 1.19. The summed E-state index contributed by atoms with van der Waals surface area (Å²) in [5.74, 6) is -5.83. The molecule has 6 fully saturated rings. The van der Waals surface area contributed by atoms with Crippen LogP contribution in [-0.2, 0) is 44.7 Å². The first kappa shape index (κ1) is 52.8. The fraction of sp³-hybridized carbons (Fsp3) is 0.528. The highest BCUT2D eigenvalue weighted by molar-refractivity contribution is 8.00. The fourth-order valence-corrected chi connectivity index (χ4v) is 12.4. The number of cyclic esters (lactones) is 1. The number of carbonyl (C=O) groups is 8. The van der Waals surface area contributed by atoms with Crippen molar-refractivity contribution < 1.29 is 48.2 Å². The Labute approximate surface area is 430 Å². The van der Waals surface area contributed by atoms with Gasteiger partial charge in [0.15, 0.2) is 11.7 Å². The molecule has 6 aliphatic rings. The van der Waals surface area contributed by atoms with Crippen LogP contribution < -0.4 is 20.9 Å². The van der Waals surface area contributed by atoms with Crippen molar-refractivity contribution in [2.24, 2.45) is 11.8 Å². The summed E-state index contributed by atoms with van der Waals surface area (Å²) >= 11 is 1.73. The van der Waals surface area contributed by atoms with Crippen molar-refractivity contribution in [3.8, 4) is 5.75 Å². The number of Topliss-reactive ketones (excluding diaryl/α,β-unsaturated/α-hetero) is 1. The number of aromatic nitrogens is 1. The van der Waals surface area contributed by atoms with Crippen molar-refractivity contribution in [3.63, 3.8) is 0 Å². The van der Waals surface area contributed by atoms with Gasteiger partial charge in [0.05, 0.1) is 0 Å². The molecule has 2 bridgehead atoms. The highest BCUT2D eigenvalue weighted by Crippen LogP contribution is 2.37. The largest absolute Gasteiger partial charge is 0.505 e. The molecule has 0 radical (unpaired) electrons. The number of thioether (sulfide) groups is 1. The van der Waals surface area contributed by atoms with E-state index in [1.807, 2.05) is 43.3 Å². The molecule has 4 N–H and O–H groups in total. The molecule has 390 valence electrons. The first-order valence-corrected chi connectivity index (χ1v) is 26.4. The average Bonchev–Trinajstić information content (AvgIpc) is 3.89. The molecule has 9 atom stereocenters. The first-order chi connectivity index (χ1) is 35.0. The molecule has 73 heavy (non-hydrogen) atoms. The Kier molecular flexibility index (Phi) is 16.7.